The van der Waals surface area contributed by atoms with Gasteiger partial charge < -0.3 is 19.6 Å². The number of carbonyl (C=O) groups is 1. The zero-order valence-electron chi connectivity index (χ0n) is 13.4. The van der Waals surface area contributed by atoms with Crippen LogP contribution in [0, 0.1) is 11.7 Å². The molecule has 0 radical (unpaired) electrons. The van der Waals surface area contributed by atoms with Crippen LogP contribution < -0.4 is 10.1 Å². The summed E-state index contributed by atoms with van der Waals surface area (Å²) in [7, 11) is 0. The van der Waals surface area contributed by atoms with Crippen molar-refractivity contribution in [3.8, 4) is 5.75 Å². The quantitative estimate of drug-likeness (QED) is 0.727. The minimum atomic E-state index is -0.456. The Morgan fingerprint density at radius 3 is 2.96 bits per heavy atom. The third-order valence-electron chi connectivity index (χ3n) is 3.57. The predicted molar refractivity (Wildman–Crippen MR) is 85.8 cm³/mol. The molecular weight excluding hydrogens is 313 g/mol. The summed E-state index contributed by atoms with van der Waals surface area (Å²) >= 11 is 0. The molecule has 1 amide bonds. The van der Waals surface area contributed by atoms with Crippen molar-refractivity contribution in [2.24, 2.45) is 5.92 Å². The van der Waals surface area contributed by atoms with Gasteiger partial charge in [0.05, 0.1) is 6.54 Å². The number of benzene rings is 1. The van der Waals surface area contributed by atoms with E-state index in [4.69, 9.17) is 9.26 Å². The highest BCUT2D eigenvalue weighted by molar-refractivity contribution is 5.82. The molecule has 126 valence electrons. The molecule has 3 aromatic rings. The van der Waals surface area contributed by atoms with E-state index in [0.29, 0.717) is 12.2 Å². The molecule has 2 aromatic heterocycles. The van der Waals surface area contributed by atoms with E-state index >= 15 is 0 Å². The minimum absolute atomic E-state index is 0.0310. The average molecular weight is 331 g/mol. The fourth-order valence-electron chi connectivity index (χ4n) is 2.25. The van der Waals surface area contributed by atoms with Gasteiger partial charge in [-0.1, -0.05) is 19.0 Å². The van der Waals surface area contributed by atoms with Gasteiger partial charge in [0, 0.05) is 34.6 Å². The van der Waals surface area contributed by atoms with Crippen LogP contribution >= 0.6 is 0 Å². The van der Waals surface area contributed by atoms with E-state index < -0.39 is 5.82 Å². The Bertz CT molecular complexity index is 840. The number of halogens is 1. The van der Waals surface area contributed by atoms with Crippen LogP contribution in [0.5, 0.6) is 5.75 Å². The van der Waals surface area contributed by atoms with Crippen molar-refractivity contribution in [1.29, 1.82) is 0 Å². The number of hydrogen-bond acceptors (Lipinski definition) is 4. The Kier molecular flexibility index (Phi) is 4.50. The molecule has 0 unspecified atom stereocenters. The van der Waals surface area contributed by atoms with Crippen LogP contribution in [0.1, 0.15) is 25.2 Å². The smallest absolute Gasteiger partial charge is 0.222 e. The monoisotopic (exact) mass is 331 g/mol. The number of fused-ring (bicyclic) bond motifs is 1. The normalized spacial score (nSPS) is 11.2. The van der Waals surface area contributed by atoms with Crippen molar-refractivity contribution in [3.05, 3.63) is 47.7 Å². The van der Waals surface area contributed by atoms with Crippen LogP contribution in [0.2, 0.25) is 0 Å². The van der Waals surface area contributed by atoms with Crippen molar-refractivity contribution in [2.45, 2.75) is 27.0 Å². The molecule has 0 aliphatic rings. The first-order chi connectivity index (χ1) is 11.5. The molecule has 6 nitrogen and oxygen atoms in total. The molecule has 0 bridgehead atoms. The standard InChI is InChI=1S/C17H18FN3O3/c1-10(2)17(22)19-8-13-5-11-6-14(18)16(7-15(11)20-13)23-9-12-3-4-24-21-12/h3-7,10,20H,8-9H2,1-2H3,(H,19,22). The maximum Gasteiger partial charge on any atom is 0.222 e. The highest BCUT2D eigenvalue weighted by Gasteiger charge is 2.11. The van der Waals surface area contributed by atoms with Crippen LogP contribution in [0.15, 0.2) is 35.1 Å². The van der Waals surface area contributed by atoms with Crippen LogP contribution in [0.3, 0.4) is 0 Å². The third kappa shape index (κ3) is 3.56. The molecule has 2 N–H and O–H groups in total. The minimum Gasteiger partial charge on any atom is -0.484 e. The number of nitrogens with zero attached hydrogens (tertiary/aromatic N) is 1. The van der Waals surface area contributed by atoms with Crippen LogP contribution in [0.25, 0.3) is 10.9 Å². The van der Waals surface area contributed by atoms with E-state index in [1.54, 1.807) is 18.2 Å². The van der Waals surface area contributed by atoms with Crippen molar-refractivity contribution in [1.82, 2.24) is 15.5 Å². The summed E-state index contributed by atoms with van der Waals surface area (Å²) in [6, 6.07) is 6.46. The fraction of sp³-hybridized carbons (Fsp3) is 0.294. The van der Waals surface area contributed by atoms with Gasteiger partial charge in [-0.15, -0.1) is 0 Å². The molecular formula is C17H18FN3O3. The Morgan fingerprint density at radius 1 is 1.42 bits per heavy atom. The van der Waals surface area contributed by atoms with E-state index in [1.165, 1.54) is 12.3 Å². The summed E-state index contributed by atoms with van der Waals surface area (Å²) in [5.41, 5.74) is 2.12. The lowest BCUT2D eigenvalue weighted by molar-refractivity contribution is -0.124. The maximum atomic E-state index is 14.1. The molecule has 2 heterocycles. The molecule has 0 spiro atoms. The first-order valence-electron chi connectivity index (χ1n) is 7.64. The molecule has 0 aliphatic heterocycles. The summed E-state index contributed by atoms with van der Waals surface area (Å²) < 4.78 is 24.3. The van der Waals surface area contributed by atoms with Gasteiger partial charge >= 0.3 is 0 Å². The number of hydrogen-bond donors (Lipinski definition) is 2. The number of H-pyrrole nitrogens is 1. The summed E-state index contributed by atoms with van der Waals surface area (Å²) in [6.45, 7) is 4.14. The Labute approximate surface area is 138 Å². The van der Waals surface area contributed by atoms with Gasteiger partial charge in [0.25, 0.3) is 0 Å². The zero-order chi connectivity index (χ0) is 17.1. The molecule has 3 rings (SSSR count). The number of carbonyl (C=O) groups excluding carboxylic acids is 1. The van der Waals surface area contributed by atoms with Crippen LogP contribution in [-0.2, 0) is 17.9 Å². The average Bonchev–Trinajstić information content (AvgIpc) is 3.19. The second kappa shape index (κ2) is 6.74. The second-order valence-corrected chi connectivity index (χ2v) is 5.82. The Hall–Kier alpha value is -2.83. The van der Waals surface area contributed by atoms with Crippen molar-refractivity contribution < 1.29 is 18.4 Å². The van der Waals surface area contributed by atoms with E-state index in [1.807, 2.05) is 13.8 Å². The molecule has 1 aromatic carbocycles. The first kappa shape index (κ1) is 16.0. The lowest BCUT2D eigenvalue weighted by Crippen LogP contribution is -2.27. The van der Waals surface area contributed by atoms with Gasteiger partial charge in [-0.2, -0.15) is 0 Å². The van der Waals surface area contributed by atoms with Gasteiger partial charge in [0.15, 0.2) is 11.6 Å². The Morgan fingerprint density at radius 2 is 2.25 bits per heavy atom. The lowest BCUT2D eigenvalue weighted by Gasteiger charge is -2.06. The number of rotatable bonds is 6. The predicted octanol–water partition coefficient (Wildman–Crippen LogP) is 3.15. The number of aromatic amines is 1. The van der Waals surface area contributed by atoms with Crippen LogP contribution in [-0.4, -0.2) is 16.0 Å². The zero-order valence-corrected chi connectivity index (χ0v) is 13.4. The molecule has 7 heteroatoms. The summed E-state index contributed by atoms with van der Waals surface area (Å²) in [6.07, 6.45) is 1.43. The van der Waals surface area contributed by atoms with Gasteiger partial charge in [-0.25, -0.2) is 4.39 Å². The number of amides is 1. The summed E-state index contributed by atoms with van der Waals surface area (Å²) in [5.74, 6) is -0.437. The van der Waals surface area contributed by atoms with Crippen molar-refractivity contribution >= 4 is 16.8 Å². The molecule has 24 heavy (non-hydrogen) atoms. The van der Waals surface area contributed by atoms with Gasteiger partial charge in [-0.05, 0) is 12.1 Å². The summed E-state index contributed by atoms with van der Waals surface area (Å²) in [5, 5.41) is 7.25. The van der Waals surface area contributed by atoms with Gasteiger partial charge in [0.1, 0.15) is 18.6 Å². The molecule has 0 saturated heterocycles. The summed E-state index contributed by atoms with van der Waals surface area (Å²) in [4.78, 5) is 14.8. The molecule has 0 atom stereocenters. The van der Waals surface area contributed by atoms with Crippen LogP contribution in [0.4, 0.5) is 4.39 Å². The first-order valence-corrected chi connectivity index (χ1v) is 7.64. The SMILES string of the molecule is CC(C)C(=O)NCc1cc2cc(F)c(OCc3ccon3)cc2[nH]1. The van der Waals surface area contributed by atoms with E-state index in [0.717, 1.165) is 16.6 Å². The highest BCUT2D eigenvalue weighted by atomic mass is 19.1. The molecule has 0 saturated carbocycles. The molecule has 0 fully saturated rings. The second-order valence-electron chi connectivity index (χ2n) is 5.82. The fourth-order valence-corrected chi connectivity index (χ4v) is 2.25. The number of nitrogens with one attached hydrogen (secondary N) is 2. The molecule has 0 aliphatic carbocycles. The van der Waals surface area contributed by atoms with E-state index in [2.05, 4.69) is 15.5 Å². The van der Waals surface area contributed by atoms with Crippen molar-refractivity contribution in [2.75, 3.05) is 0 Å². The highest BCUT2D eigenvalue weighted by Crippen LogP contribution is 2.26. The van der Waals surface area contributed by atoms with Gasteiger partial charge in [-0.3, -0.25) is 4.79 Å². The third-order valence-corrected chi connectivity index (χ3v) is 3.57. The largest absolute Gasteiger partial charge is 0.484 e. The topological polar surface area (TPSA) is 80.2 Å². The maximum absolute atomic E-state index is 14.1. The lowest BCUT2D eigenvalue weighted by atomic mass is 10.2. The van der Waals surface area contributed by atoms with Gasteiger partial charge in [0.2, 0.25) is 5.91 Å². The number of ether oxygens (including phenoxy) is 1. The van der Waals surface area contributed by atoms with E-state index in [-0.39, 0.29) is 24.2 Å². The number of aromatic nitrogens is 2. The van der Waals surface area contributed by atoms with Crippen molar-refractivity contribution in [3.63, 3.8) is 0 Å². The van der Waals surface area contributed by atoms with E-state index in [9.17, 15) is 9.18 Å². The Balaban J connectivity index is 1.73.